The van der Waals surface area contributed by atoms with E-state index < -0.39 is 0 Å². The van der Waals surface area contributed by atoms with Gasteiger partial charge in [0.15, 0.2) is 0 Å². The van der Waals surface area contributed by atoms with Gasteiger partial charge in [0, 0.05) is 0 Å². The van der Waals surface area contributed by atoms with E-state index in [2.05, 4.69) is 46.3 Å². The highest BCUT2D eigenvalue weighted by Gasteiger charge is 1.87. The fourth-order valence-corrected chi connectivity index (χ4v) is 1.01. The Morgan fingerprint density at radius 2 is 1.75 bits per heavy atom. The quantitative estimate of drug-likeness (QED) is 0.533. The van der Waals surface area contributed by atoms with E-state index in [1.54, 1.807) is 0 Å². The summed E-state index contributed by atoms with van der Waals surface area (Å²) in [7, 11) is 0. The van der Waals surface area contributed by atoms with E-state index in [4.69, 9.17) is 0 Å². The zero-order valence-corrected chi connectivity index (χ0v) is 8.85. The zero-order chi connectivity index (χ0) is 9.40. The van der Waals surface area contributed by atoms with Gasteiger partial charge >= 0.3 is 0 Å². The predicted molar refractivity (Wildman–Crippen MR) is 57.0 cm³/mol. The number of hydrogen-bond donors (Lipinski definition) is 0. The van der Waals surface area contributed by atoms with E-state index in [1.807, 2.05) is 0 Å². The average Bonchev–Trinajstić information content (AvgIpc) is 2.00. The van der Waals surface area contributed by atoms with Crippen LogP contribution in [0.4, 0.5) is 0 Å². The largest absolute Gasteiger partial charge is 0.0856 e. The smallest absolute Gasteiger partial charge is 0.0288 e. The molecule has 0 amide bonds. The van der Waals surface area contributed by atoms with Crippen molar-refractivity contribution in [1.29, 1.82) is 0 Å². The van der Waals surface area contributed by atoms with Crippen molar-refractivity contribution in [3.63, 3.8) is 0 Å². The highest BCUT2D eigenvalue weighted by atomic mass is 13.9. The third-order valence-electron chi connectivity index (χ3n) is 1.79. The van der Waals surface area contributed by atoms with Crippen molar-refractivity contribution >= 4 is 0 Å². The first-order valence-electron chi connectivity index (χ1n) is 4.73. The van der Waals surface area contributed by atoms with Gasteiger partial charge in [0.2, 0.25) is 0 Å². The van der Waals surface area contributed by atoms with Crippen molar-refractivity contribution in [3.8, 4) is 0 Å². The molecule has 0 aliphatic rings. The molecule has 0 bridgehead atoms. The molecule has 0 saturated heterocycles. The number of rotatable bonds is 5. The van der Waals surface area contributed by atoms with E-state index in [0.29, 0.717) is 0 Å². The lowest BCUT2D eigenvalue weighted by molar-refractivity contribution is 0.953. The third-order valence-corrected chi connectivity index (χ3v) is 1.79. The van der Waals surface area contributed by atoms with Crippen LogP contribution in [0.15, 0.2) is 23.3 Å². The van der Waals surface area contributed by atoms with E-state index in [1.165, 1.54) is 24.0 Å². The lowest BCUT2D eigenvalue weighted by atomic mass is 10.1. The molecule has 0 heteroatoms. The van der Waals surface area contributed by atoms with Crippen LogP contribution in [-0.2, 0) is 0 Å². The number of allylic oxidation sites excluding steroid dienone is 4. The summed E-state index contributed by atoms with van der Waals surface area (Å²) in [6.45, 7) is 8.61. The summed E-state index contributed by atoms with van der Waals surface area (Å²) < 4.78 is 0. The molecule has 0 aromatic rings. The fourth-order valence-electron chi connectivity index (χ4n) is 1.01. The summed E-state index contributed by atoms with van der Waals surface area (Å²) in [5.41, 5.74) is 2.93. The predicted octanol–water partition coefficient (Wildman–Crippen LogP) is 4.29. The normalized spacial score (nSPS) is 11.5. The highest BCUT2D eigenvalue weighted by Crippen LogP contribution is 2.07. The molecule has 0 N–H and O–H groups in total. The Morgan fingerprint density at radius 1 is 1.08 bits per heavy atom. The minimum Gasteiger partial charge on any atom is -0.0856 e. The molecule has 0 aromatic heterocycles. The molecule has 0 aliphatic heterocycles. The maximum atomic E-state index is 2.30. The summed E-state index contributed by atoms with van der Waals surface area (Å²) >= 11 is 0. The monoisotopic (exact) mass is 165 g/mol. The maximum Gasteiger partial charge on any atom is -0.0288 e. The molecule has 0 saturated carbocycles. The van der Waals surface area contributed by atoms with Gasteiger partial charge in [-0.05, 0) is 46.5 Å². The van der Waals surface area contributed by atoms with Crippen LogP contribution < -0.4 is 0 Å². The molecule has 69 valence electrons. The molecule has 1 radical (unpaired) electrons. The number of unbranched alkanes of at least 4 members (excludes halogenated alkanes) is 1. The van der Waals surface area contributed by atoms with Gasteiger partial charge in [-0.15, -0.1) is 0 Å². The Morgan fingerprint density at radius 3 is 2.25 bits per heavy atom. The minimum atomic E-state index is 1.11. The lowest BCUT2D eigenvalue weighted by Crippen LogP contribution is -1.77. The molecular formula is C12H21. The number of hydrogen-bond acceptors (Lipinski definition) is 0. The standard InChI is InChI=1S/C12H21/c1-5-6-9-12(4)10-7-8-11(2)3/h5,8-9H,6-7,10H2,1-4H3. The van der Waals surface area contributed by atoms with Crippen molar-refractivity contribution in [2.24, 2.45) is 0 Å². The van der Waals surface area contributed by atoms with Crippen molar-refractivity contribution in [1.82, 2.24) is 0 Å². The summed E-state index contributed by atoms with van der Waals surface area (Å²) in [5.74, 6) is 0. The summed E-state index contributed by atoms with van der Waals surface area (Å²) in [6, 6.07) is 0. The SMILES string of the molecule is C[CH]CC=C(C)CCC=C(C)C. The van der Waals surface area contributed by atoms with Crippen molar-refractivity contribution in [2.75, 3.05) is 0 Å². The Labute approximate surface area is 77.4 Å². The second-order valence-corrected chi connectivity index (χ2v) is 3.51. The molecule has 0 rings (SSSR count). The first-order valence-corrected chi connectivity index (χ1v) is 4.73. The van der Waals surface area contributed by atoms with E-state index >= 15 is 0 Å². The zero-order valence-electron chi connectivity index (χ0n) is 8.85. The molecular weight excluding hydrogens is 144 g/mol. The molecule has 0 aromatic carbocycles. The molecule has 0 fully saturated rings. The summed E-state index contributed by atoms with van der Waals surface area (Å²) in [5, 5.41) is 0. The molecule has 0 atom stereocenters. The van der Waals surface area contributed by atoms with Crippen molar-refractivity contribution in [2.45, 2.75) is 47.0 Å². The van der Waals surface area contributed by atoms with E-state index in [0.717, 1.165) is 6.42 Å². The van der Waals surface area contributed by atoms with Crippen LogP contribution in [0, 0.1) is 6.42 Å². The Bertz CT molecular complexity index is 157. The first kappa shape index (κ1) is 11.5. The molecule has 0 nitrogen and oxygen atoms in total. The second kappa shape index (κ2) is 7.15. The van der Waals surface area contributed by atoms with Gasteiger partial charge in [-0.25, -0.2) is 0 Å². The second-order valence-electron chi connectivity index (χ2n) is 3.51. The van der Waals surface area contributed by atoms with Crippen LogP contribution in [-0.4, -0.2) is 0 Å². The van der Waals surface area contributed by atoms with Gasteiger partial charge in [0.25, 0.3) is 0 Å². The van der Waals surface area contributed by atoms with Crippen molar-refractivity contribution in [3.05, 3.63) is 29.7 Å². The average molecular weight is 165 g/mol. The van der Waals surface area contributed by atoms with Crippen LogP contribution in [0.5, 0.6) is 0 Å². The molecule has 0 aliphatic carbocycles. The highest BCUT2D eigenvalue weighted by molar-refractivity contribution is 5.02. The summed E-state index contributed by atoms with van der Waals surface area (Å²) in [6.07, 6.45) is 10.3. The Kier molecular flexibility index (Phi) is 6.84. The molecule has 0 unspecified atom stereocenters. The van der Waals surface area contributed by atoms with Crippen LogP contribution in [0.2, 0.25) is 0 Å². The van der Waals surface area contributed by atoms with Gasteiger partial charge < -0.3 is 0 Å². The van der Waals surface area contributed by atoms with Crippen molar-refractivity contribution < 1.29 is 0 Å². The Hall–Kier alpha value is -0.520. The molecule has 0 heterocycles. The van der Waals surface area contributed by atoms with Gasteiger partial charge in [0.1, 0.15) is 0 Å². The van der Waals surface area contributed by atoms with Gasteiger partial charge in [-0.2, -0.15) is 0 Å². The van der Waals surface area contributed by atoms with Crippen LogP contribution in [0.3, 0.4) is 0 Å². The fraction of sp³-hybridized carbons (Fsp3) is 0.583. The van der Waals surface area contributed by atoms with Gasteiger partial charge in [0.05, 0.1) is 0 Å². The van der Waals surface area contributed by atoms with Crippen LogP contribution >= 0.6 is 0 Å². The molecule has 12 heavy (non-hydrogen) atoms. The first-order chi connectivity index (χ1) is 5.66. The maximum absolute atomic E-state index is 2.30. The lowest BCUT2D eigenvalue weighted by Gasteiger charge is -1.97. The van der Waals surface area contributed by atoms with Gasteiger partial charge in [-0.3, -0.25) is 0 Å². The minimum absolute atomic E-state index is 1.11. The summed E-state index contributed by atoms with van der Waals surface area (Å²) in [4.78, 5) is 0. The third kappa shape index (κ3) is 7.59. The molecule has 0 spiro atoms. The topological polar surface area (TPSA) is 0 Å². The van der Waals surface area contributed by atoms with E-state index in [-0.39, 0.29) is 0 Å². The van der Waals surface area contributed by atoms with E-state index in [9.17, 15) is 0 Å². The van der Waals surface area contributed by atoms with Crippen LogP contribution in [0.25, 0.3) is 0 Å². The van der Waals surface area contributed by atoms with Crippen LogP contribution in [0.1, 0.15) is 47.0 Å². The Balaban J connectivity index is 3.56. The van der Waals surface area contributed by atoms with Gasteiger partial charge in [-0.1, -0.05) is 30.2 Å².